The molecule has 0 amide bonds. The molecule has 0 spiro atoms. The van der Waals surface area contributed by atoms with Crippen molar-refractivity contribution >= 4 is 0 Å². The van der Waals surface area contributed by atoms with Crippen LogP contribution in [0, 0.1) is 0 Å². The maximum absolute atomic E-state index is 3.88. The lowest BCUT2D eigenvalue weighted by molar-refractivity contribution is 0.320. The molecule has 110 valence electrons. The number of rotatable bonds is 4. The second-order valence-electron chi connectivity index (χ2n) is 6.59. The third kappa shape index (κ3) is 3.42. The molecular weight excluding hydrogens is 244 g/mol. The fourth-order valence-electron chi connectivity index (χ4n) is 3.89. The molecule has 1 aliphatic heterocycles. The summed E-state index contributed by atoms with van der Waals surface area (Å²) in [7, 11) is 0. The number of fused-ring (bicyclic) bond motifs is 1. The van der Waals surface area contributed by atoms with Crippen molar-refractivity contribution < 1.29 is 0 Å². The predicted molar refractivity (Wildman–Crippen MR) is 85.0 cm³/mol. The van der Waals surface area contributed by atoms with Gasteiger partial charge in [-0.05, 0) is 63.1 Å². The lowest BCUT2D eigenvalue weighted by Crippen LogP contribution is -2.41. The van der Waals surface area contributed by atoms with Crippen molar-refractivity contribution in [2.75, 3.05) is 6.54 Å². The van der Waals surface area contributed by atoms with Crippen molar-refractivity contribution in [3.63, 3.8) is 0 Å². The molecule has 2 nitrogen and oxygen atoms in total. The molecule has 1 heterocycles. The van der Waals surface area contributed by atoms with E-state index in [1.807, 2.05) is 0 Å². The third-order valence-electron chi connectivity index (χ3n) is 4.91. The van der Waals surface area contributed by atoms with Crippen LogP contribution in [0.4, 0.5) is 0 Å². The third-order valence-corrected chi connectivity index (χ3v) is 4.91. The molecule has 1 aliphatic carbocycles. The zero-order valence-corrected chi connectivity index (χ0v) is 12.7. The Morgan fingerprint density at radius 1 is 1.20 bits per heavy atom. The molecule has 1 aromatic rings. The predicted octanol–water partition coefficient (Wildman–Crippen LogP) is 3.57. The normalized spacial score (nSPS) is 27.9. The second-order valence-corrected chi connectivity index (χ2v) is 6.59. The van der Waals surface area contributed by atoms with Crippen LogP contribution in [0.15, 0.2) is 24.3 Å². The summed E-state index contributed by atoms with van der Waals surface area (Å²) >= 11 is 0. The average molecular weight is 272 g/mol. The van der Waals surface area contributed by atoms with Crippen molar-refractivity contribution in [2.45, 2.75) is 70.0 Å². The second kappa shape index (κ2) is 6.73. The Bertz CT molecular complexity index is 423. The molecule has 1 fully saturated rings. The molecule has 0 radical (unpaired) electrons. The SMILES string of the molecule is CC(CC1CCCCN1)NC1CCCc2ccccc21. The van der Waals surface area contributed by atoms with E-state index in [0.717, 1.165) is 6.04 Å². The smallest absolute Gasteiger partial charge is 0.0325 e. The molecule has 3 rings (SSSR count). The summed E-state index contributed by atoms with van der Waals surface area (Å²) in [5.74, 6) is 0. The van der Waals surface area contributed by atoms with Gasteiger partial charge in [-0.3, -0.25) is 0 Å². The summed E-state index contributed by atoms with van der Waals surface area (Å²) in [4.78, 5) is 0. The fourth-order valence-corrected chi connectivity index (χ4v) is 3.89. The highest BCUT2D eigenvalue weighted by atomic mass is 15.0. The van der Waals surface area contributed by atoms with Gasteiger partial charge in [0.1, 0.15) is 0 Å². The van der Waals surface area contributed by atoms with Crippen LogP contribution in [0.1, 0.15) is 62.6 Å². The molecule has 2 heteroatoms. The Morgan fingerprint density at radius 3 is 2.95 bits per heavy atom. The van der Waals surface area contributed by atoms with Crippen LogP contribution >= 0.6 is 0 Å². The highest BCUT2D eigenvalue weighted by molar-refractivity contribution is 5.32. The summed E-state index contributed by atoms with van der Waals surface area (Å²) in [6, 6.07) is 10.9. The summed E-state index contributed by atoms with van der Waals surface area (Å²) < 4.78 is 0. The standard InChI is InChI=1S/C18H28N2/c1-14(13-16-9-4-5-12-19-16)20-18-11-6-8-15-7-2-3-10-17(15)18/h2-3,7,10,14,16,18-20H,4-6,8-9,11-13H2,1H3. The molecule has 0 aromatic heterocycles. The average Bonchev–Trinajstić information content (AvgIpc) is 2.48. The summed E-state index contributed by atoms with van der Waals surface area (Å²) in [5.41, 5.74) is 3.10. The fraction of sp³-hybridized carbons (Fsp3) is 0.667. The first-order chi connectivity index (χ1) is 9.83. The van der Waals surface area contributed by atoms with Gasteiger partial charge in [0, 0.05) is 18.1 Å². The van der Waals surface area contributed by atoms with Crippen molar-refractivity contribution in [2.24, 2.45) is 0 Å². The summed E-state index contributed by atoms with van der Waals surface area (Å²) in [5, 5.41) is 7.55. The van der Waals surface area contributed by atoms with E-state index in [4.69, 9.17) is 0 Å². The number of hydrogen-bond acceptors (Lipinski definition) is 2. The van der Waals surface area contributed by atoms with Crippen molar-refractivity contribution in [3.8, 4) is 0 Å². The monoisotopic (exact) mass is 272 g/mol. The van der Waals surface area contributed by atoms with E-state index < -0.39 is 0 Å². The van der Waals surface area contributed by atoms with Gasteiger partial charge in [-0.1, -0.05) is 30.7 Å². The van der Waals surface area contributed by atoms with Crippen LogP contribution in [-0.2, 0) is 6.42 Å². The van der Waals surface area contributed by atoms with Crippen LogP contribution in [-0.4, -0.2) is 18.6 Å². The van der Waals surface area contributed by atoms with Gasteiger partial charge in [-0.15, -0.1) is 0 Å². The molecule has 3 unspecified atom stereocenters. The van der Waals surface area contributed by atoms with Gasteiger partial charge < -0.3 is 10.6 Å². The van der Waals surface area contributed by atoms with Crippen LogP contribution in [0.25, 0.3) is 0 Å². The Hall–Kier alpha value is -0.860. The Labute approximate surface area is 123 Å². The number of nitrogens with one attached hydrogen (secondary N) is 2. The van der Waals surface area contributed by atoms with E-state index in [1.54, 1.807) is 11.1 Å². The molecule has 2 aliphatic rings. The zero-order chi connectivity index (χ0) is 13.8. The topological polar surface area (TPSA) is 24.1 Å². The zero-order valence-electron chi connectivity index (χ0n) is 12.7. The summed E-state index contributed by atoms with van der Waals surface area (Å²) in [6.45, 7) is 3.57. The quantitative estimate of drug-likeness (QED) is 0.875. The highest BCUT2D eigenvalue weighted by Gasteiger charge is 2.22. The maximum atomic E-state index is 3.88. The van der Waals surface area contributed by atoms with E-state index >= 15 is 0 Å². The highest BCUT2D eigenvalue weighted by Crippen LogP contribution is 2.30. The van der Waals surface area contributed by atoms with Crippen LogP contribution in [0.2, 0.25) is 0 Å². The number of benzene rings is 1. The Balaban J connectivity index is 1.57. The van der Waals surface area contributed by atoms with Gasteiger partial charge in [-0.2, -0.15) is 0 Å². The minimum atomic E-state index is 0.568. The van der Waals surface area contributed by atoms with E-state index in [-0.39, 0.29) is 0 Å². The number of hydrogen-bond donors (Lipinski definition) is 2. The Kier molecular flexibility index (Phi) is 4.74. The van der Waals surface area contributed by atoms with Crippen molar-refractivity contribution in [1.82, 2.24) is 10.6 Å². The van der Waals surface area contributed by atoms with E-state index in [2.05, 4.69) is 41.8 Å². The largest absolute Gasteiger partial charge is 0.314 e. The number of piperidine rings is 1. The van der Waals surface area contributed by atoms with Gasteiger partial charge in [0.15, 0.2) is 0 Å². The first-order valence-corrected chi connectivity index (χ1v) is 8.40. The van der Waals surface area contributed by atoms with Crippen molar-refractivity contribution in [3.05, 3.63) is 35.4 Å². The Morgan fingerprint density at radius 2 is 2.10 bits per heavy atom. The van der Waals surface area contributed by atoms with Gasteiger partial charge in [-0.25, -0.2) is 0 Å². The van der Waals surface area contributed by atoms with Crippen LogP contribution in [0.5, 0.6) is 0 Å². The maximum Gasteiger partial charge on any atom is 0.0325 e. The lowest BCUT2D eigenvalue weighted by Gasteiger charge is -2.32. The number of aryl methyl sites for hydroxylation is 1. The van der Waals surface area contributed by atoms with E-state index in [9.17, 15) is 0 Å². The van der Waals surface area contributed by atoms with Gasteiger partial charge >= 0.3 is 0 Å². The molecule has 20 heavy (non-hydrogen) atoms. The van der Waals surface area contributed by atoms with E-state index in [1.165, 1.54) is 51.5 Å². The summed E-state index contributed by atoms with van der Waals surface area (Å²) in [6.07, 6.45) is 9.24. The van der Waals surface area contributed by atoms with E-state index in [0.29, 0.717) is 12.1 Å². The van der Waals surface area contributed by atoms with Crippen LogP contribution in [0.3, 0.4) is 0 Å². The van der Waals surface area contributed by atoms with Crippen LogP contribution < -0.4 is 10.6 Å². The molecule has 1 aromatic carbocycles. The molecular formula is C18H28N2. The molecule has 3 atom stereocenters. The molecule has 0 saturated carbocycles. The first kappa shape index (κ1) is 14.1. The molecule has 2 N–H and O–H groups in total. The minimum Gasteiger partial charge on any atom is -0.314 e. The van der Waals surface area contributed by atoms with Gasteiger partial charge in [0.05, 0.1) is 0 Å². The van der Waals surface area contributed by atoms with Gasteiger partial charge in [0.25, 0.3) is 0 Å². The minimum absolute atomic E-state index is 0.568. The molecule has 0 bridgehead atoms. The van der Waals surface area contributed by atoms with Crippen molar-refractivity contribution in [1.29, 1.82) is 0 Å². The van der Waals surface area contributed by atoms with Gasteiger partial charge in [0.2, 0.25) is 0 Å². The first-order valence-electron chi connectivity index (χ1n) is 8.40. The lowest BCUT2D eigenvalue weighted by atomic mass is 9.87. The molecule has 1 saturated heterocycles.